The van der Waals surface area contributed by atoms with Crippen LogP contribution >= 0.6 is 0 Å². The van der Waals surface area contributed by atoms with Crippen LogP contribution in [0.3, 0.4) is 0 Å². The summed E-state index contributed by atoms with van der Waals surface area (Å²) in [6, 6.07) is 8.58. The summed E-state index contributed by atoms with van der Waals surface area (Å²) in [6.45, 7) is 6.59. The van der Waals surface area contributed by atoms with Crippen LogP contribution in [0.5, 0.6) is 0 Å². The number of piperidine rings is 1. The number of rotatable bonds is 6. The smallest absolute Gasteiger partial charge is 0.257 e. The quantitative estimate of drug-likeness (QED) is 0.861. The molecular weight excluding hydrogens is 324 g/mol. The van der Waals surface area contributed by atoms with Crippen molar-refractivity contribution in [2.24, 2.45) is 5.92 Å². The highest BCUT2D eigenvalue weighted by atomic mass is 16.2. The largest absolute Gasteiger partial charge is 0.355 e. The molecular formula is C21H28N4O. The van der Waals surface area contributed by atoms with Crippen molar-refractivity contribution in [3.05, 3.63) is 53.3 Å². The van der Waals surface area contributed by atoms with E-state index in [4.69, 9.17) is 0 Å². The zero-order valence-electron chi connectivity index (χ0n) is 15.7. The van der Waals surface area contributed by atoms with Crippen LogP contribution in [0.2, 0.25) is 0 Å². The van der Waals surface area contributed by atoms with Crippen LogP contribution < -0.4 is 5.32 Å². The fraction of sp³-hybridized carbons (Fsp3) is 0.476. The van der Waals surface area contributed by atoms with Crippen molar-refractivity contribution in [1.82, 2.24) is 14.9 Å². The Morgan fingerprint density at radius 3 is 2.77 bits per heavy atom. The number of anilines is 1. The molecule has 1 aliphatic heterocycles. The lowest BCUT2D eigenvalue weighted by Crippen LogP contribution is -2.40. The van der Waals surface area contributed by atoms with E-state index in [2.05, 4.69) is 46.5 Å². The third kappa shape index (κ3) is 4.59. The van der Waals surface area contributed by atoms with Gasteiger partial charge in [-0.1, -0.05) is 24.3 Å². The zero-order chi connectivity index (χ0) is 18.4. The van der Waals surface area contributed by atoms with Crippen LogP contribution in [0.4, 0.5) is 5.95 Å². The predicted molar refractivity (Wildman–Crippen MR) is 104 cm³/mol. The highest BCUT2D eigenvalue weighted by molar-refractivity contribution is 5.93. The first-order chi connectivity index (χ1) is 12.7. The third-order valence-electron chi connectivity index (χ3n) is 5.12. The van der Waals surface area contributed by atoms with Gasteiger partial charge in [0.1, 0.15) is 0 Å². The number of aromatic nitrogens is 2. The van der Waals surface area contributed by atoms with Gasteiger partial charge in [-0.3, -0.25) is 4.79 Å². The van der Waals surface area contributed by atoms with Gasteiger partial charge in [0.05, 0.1) is 5.56 Å². The number of carbonyl (C=O) groups is 1. The van der Waals surface area contributed by atoms with E-state index in [-0.39, 0.29) is 5.91 Å². The SMILES string of the molecule is CCNc1ncc(C(=O)N2CCC[C@@H](CCc3ccccc3C)C2)cn1. The Morgan fingerprint density at radius 2 is 2.04 bits per heavy atom. The summed E-state index contributed by atoms with van der Waals surface area (Å²) in [5, 5.41) is 3.05. The van der Waals surface area contributed by atoms with Gasteiger partial charge in [-0.05, 0) is 56.6 Å². The molecule has 26 heavy (non-hydrogen) atoms. The Labute approximate surface area is 155 Å². The van der Waals surface area contributed by atoms with E-state index >= 15 is 0 Å². The molecule has 0 spiro atoms. The van der Waals surface area contributed by atoms with Crippen molar-refractivity contribution < 1.29 is 4.79 Å². The molecule has 1 atom stereocenters. The summed E-state index contributed by atoms with van der Waals surface area (Å²) in [7, 11) is 0. The summed E-state index contributed by atoms with van der Waals surface area (Å²) in [6.07, 6.45) is 7.74. The number of amides is 1. The Morgan fingerprint density at radius 1 is 1.27 bits per heavy atom. The summed E-state index contributed by atoms with van der Waals surface area (Å²) >= 11 is 0. The normalized spacial score (nSPS) is 17.2. The minimum absolute atomic E-state index is 0.0497. The molecule has 0 bridgehead atoms. The van der Waals surface area contributed by atoms with Gasteiger partial charge in [0.2, 0.25) is 5.95 Å². The third-order valence-corrected chi connectivity index (χ3v) is 5.12. The Bertz CT molecular complexity index is 729. The number of hydrogen-bond donors (Lipinski definition) is 1. The maximum atomic E-state index is 12.8. The fourth-order valence-corrected chi connectivity index (χ4v) is 3.61. The van der Waals surface area contributed by atoms with Crippen LogP contribution in [0.25, 0.3) is 0 Å². The van der Waals surface area contributed by atoms with Crippen molar-refractivity contribution in [3.63, 3.8) is 0 Å². The Kier molecular flexibility index (Phi) is 6.21. The average molecular weight is 352 g/mol. The lowest BCUT2D eigenvalue weighted by molar-refractivity contribution is 0.0667. The molecule has 3 rings (SSSR count). The van der Waals surface area contributed by atoms with Gasteiger partial charge < -0.3 is 10.2 Å². The Balaban J connectivity index is 1.57. The van der Waals surface area contributed by atoms with Crippen LogP contribution in [-0.2, 0) is 6.42 Å². The van der Waals surface area contributed by atoms with Gasteiger partial charge in [-0.15, -0.1) is 0 Å². The number of nitrogens with zero attached hydrogens (tertiary/aromatic N) is 3. The van der Waals surface area contributed by atoms with Crippen LogP contribution in [0.15, 0.2) is 36.7 Å². The summed E-state index contributed by atoms with van der Waals surface area (Å²) in [4.78, 5) is 23.2. The van der Waals surface area contributed by atoms with Gasteiger partial charge in [0, 0.05) is 32.0 Å². The lowest BCUT2D eigenvalue weighted by Gasteiger charge is -2.33. The standard InChI is InChI=1S/C21H28N4O/c1-3-22-21-23-13-19(14-24-21)20(26)25-12-6-8-17(15-25)10-11-18-9-5-4-7-16(18)2/h4-5,7,9,13-14,17H,3,6,8,10-12,15H2,1-2H3,(H,22,23,24)/t17-/m0/s1. The molecule has 1 aromatic heterocycles. The molecule has 0 radical (unpaired) electrons. The number of likely N-dealkylation sites (tertiary alicyclic amines) is 1. The minimum atomic E-state index is 0.0497. The second kappa shape index (κ2) is 8.79. The Hall–Kier alpha value is -2.43. The molecule has 2 heterocycles. The van der Waals surface area contributed by atoms with Gasteiger partial charge in [-0.2, -0.15) is 0 Å². The molecule has 1 N–H and O–H groups in total. The van der Waals surface area contributed by atoms with Crippen LogP contribution in [0.1, 0.15) is 47.7 Å². The van der Waals surface area contributed by atoms with Crippen molar-refractivity contribution in [2.45, 2.75) is 39.5 Å². The van der Waals surface area contributed by atoms with E-state index in [0.717, 1.165) is 38.9 Å². The highest BCUT2D eigenvalue weighted by Crippen LogP contribution is 2.23. The molecule has 1 saturated heterocycles. The van der Waals surface area contributed by atoms with Gasteiger partial charge >= 0.3 is 0 Å². The summed E-state index contributed by atoms with van der Waals surface area (Å²) in [5.41, 5.74) is 3.35. The zero-order valence-corrected chi connectivity index (χ0v) is 15.7. The van der Waals surface area contributed by atoms with E-state index in [1.807, 2.05) is 11.8 Å². The van der Waals surface area contributed by atoms with Gasteiger partial charge in [-0.25, -0.2) is 9.97 Å². The monoisotopic (exact) mass is 352 g/mol. The topological polar surface area (TPSA) is 58.1 Å². The van der Waals surface area contributed by atoms with Crippen molar-refractivity contribution in [1.29, 1.82) is 0 Å². The molecule has 0 saturated carbocycles. The minimum Gasteiger partial charge on any atom is -0.355 e. The van der Waals surface area contributed by atoms with E-state index in [1.165, 1.54) is 17.5 Å². The first-order valence-corrected chi connectivity index (χ1v) is 9.57. The first-order valence-electron chi connectivity index (χ1n) is 9.57. The second-order valence-electron chi connectivity index (χ2n) is 7.05. The van der Waals surface area contributed by atoms with E-state index in [1.54, 1.807) is 12.4 Å². The molecule has 1 amide bonds. The first kappa shape index (κ1) is 18.4. The van der Waals surface area contributed by atoms with E-state index in [0.29, 0.717) is 17.4 Å². The molecule has 0 aliphatic carbocycles. The molecule has 0 unspecified atom stereocenters. The van der Waals surface area contributed by atoms with Crippen molar-refractivity contribution in [3.8, 4) is 0 Å². The summed E-state index contributed by atoms with van der Waals surface area (Å²) in [5.74, 6) is 1.18. The number of nitrogens with one attached hydrogen (secondary N) is 1. The maximum Gasteiger partial charge on any atom is 0.257 e. The summed E-state index contributed by atoms with van der Waals surface area (Å²) < 4.78 is 0. The van der Waals surface area contributed by atoms with Crippen LogP contribution in [0, 0.1) is 12.8 Å². The number of aryl methyl sites for hydroxylation is 2. The molecule has 5 heteroatoms. The lowest BCUT2D eigenvalue weighted by atomic mass is 9.90. The van der Waals surface area contributed by atoms with Gasteiger partial charge in [0.15, 0.2) is 0 Å². The highest BCUT2D eigenvalue weighted by Gasteiger charge is 2.24. The fourth-order valence-electron chi connectivity index (χ4n) is 3.61. The van der Waals surface area contributed by atoms with Gasteiger partial charge in [0.25, 0.3) is 5.91 Å². The van der Waals surface area contributed by atoms with E-state index in [9.17, 15) is 4.79 Å². The van der Waals surface area contributed by atoms with Crippen molar-refractivity contribution in [2.75, 3.05) is 25.0 Å². The second-order valence-corrected chi connectivity index (χ2v) is 7.05. The van der Waals surface area contributed by atoms with Crippen LogP contribution in [-0.4, -0.2) is 40.4 Å². The number of carbonyl (C=O) groups excluding carboxylic acids is 1. The predicted octanol–water partition coefficient (Wildman–Crippen LogP) is 3.70. The molecule has 1 aromatic carbocycles. The molecule has 1 aliphatic rings. The van der Waals surface area contributed by atoms with Crippen molar-refractivity contribution >= 4 is 11.9 Å². The van der Waals surface area contributed by atoms with E-state index < -0.39 is 0 Å². The number of benzene rings is 1. The average Bonchev–Trinajstić information content (AvgIpc) is 2.68. The molecule has 138 valence electrons. The molecule has 2 aromatic rings. The molecule has 5 nitrogen and oxygen atoms in total. The maximum absolute atomic E-state index is 12.8. The number of hydrogen-bond acceptors (Lipinski definition) is 4. The molecule has 1 fully saturated rings.